The number of aliphatic hydroxyl groups is 1. The van der Waals surface area contributed by atoms with Crippen molar-refractivity contribution in [3.05, 3.63) is 71.8 Å². The van der Waals surface area contributed by atoms with Crippen LogP contribution in [0.2, 0.25) is 0 Å². The van der Waals surface area contributed by atoms with Crippen LogP contribution >= 0.6 is 0 Å². The highest BCUT2D eigenvalue weighted by Crippen LogP contribution is 2.18. The van der Waals surface area contributed by atoms with Crippen LogP contribution in [-0.4, -0.2) is 37.4 Å². The summed E-state index contributed by atoms with van der Waals surface area (Å²) < 4.78 is 9.45. The van der Waals surface area contributed by atoms with Gasteiger partial charge in [0, 0.05) is 0 Å². The lowest BCUT2D eigenvalue weighted by Crippen LogP contribution is -2.29. The van der Waals surface area contributed by atoms with Gasteiger partial charge in [0.2, 0.25) is 0 Å². The number of hydrogen-bond donors (Lipinski definition) is 1. The third kappa shape index (κ3) is 8.78. The van der Waals surface area contributed by atoms with Crippen molar-refractivity contribution in [2.24, 2.45) is 17.8 Å². The molecule has 164 valence electrons. The zero-order chi connectivity index (χ0) is 22.5. The Kier molecular flexibility index (Phi) is 11.5. The SMILES string of the molecule is COC(=O)[C@@H](Cc1ccccc1)C(C)C.COC(=O)[C@@H](Cc1ccccc1)[C@H](C)O. The lowest BCUT2D eigenvalue weighted by atomic mass is 9.89. The van der Waals surface area contributed by atoms with Gasteiger partial charge in [-0.1, -0.05) is 74.5 Å². The summed E-state index contributed by atoms with van der Waals surface area (Å²) in [6, 6.07) is 19.6. The van der Waals surface area contributed by atoms with Crippen LogP contribution in [0, 0.1) is 17.8 Å². The van der Waals surface area contributed by atoms with Gasteiger partial charge in [-0.25, -0.2) is 0 Å². The van der Waals surface area contributed by atoms with Crippen molar-refractivity contribution in [2.75, 3.05) is 14.2 Å². The molecule has 0 saturated carbocycles. The molecule has 2 rings (SSSR count). The van der Waals surface area contributed by atoms with Gasteiger partial charge in [0.1, 0.15) is 0 Å². The van der Waals surface area contributed by atoms with E-state index >= 15 is 0 Å². The van der Waals surface area contributed by atoms with E-state index < -0.39 is 12.0 Å². The standard InChI is InChI=1S/C13H18O2.C12H16O3/c1-10(2)12(13(14)15-3)9-11-7-5-4-6-8-11;1-9(13)11(12(14)15-2)8-10-6-4-3-5-7-10/h4-8,10,12H,9H2,1-3H3;3-7,9,11,13H,8H2,1-2H3/t12-;9-,11-/m00/s1. The van der Waals surface area contributed by atoms with E-state index in [0.717, 1.165) is 12.0 Å². The first-order chi connectivity index (χ1) is 14.3. The Morgan fingerprint density at radius 1 is 0.733 bits per heavy atom. The molecule has 0 heterocycles. The van der Waals surface area contributed by atoms with Gasteiger partial charge in [-0.3, -0.25) is 9.59 Å². The van der Waals surface area contributed by atoms with Gasteiger partial charge in [0.05, 0.1) is 32.2 Å². The number of ether oxygens (including phenoxy) is 2. The molecule has 30 heavy (non-hydrogen) atoms. The summed E-state index contributed by atoms with van der Waals surface area (Å²) in [5, 5.41) is 9.47. The molecule has 0 aromatic heterocycles. The number of rotatable bonds is 8. The maximum Gasteiger partial charge on any atom is 0.311 e. The minimum atomic E-state index is -0.697. The quantitative estimate of drug-likeness (QED) is 0.659. The summed E-state index contributed by atoms with van der Waals surface area (Å²) in [5.74, 6) is -0.713. The van der Waals surface area contributed by atoms with E-state index in [1.165, 1.54) is 19.8 Å². The minimum absolute atomic E-state index is 0.0441. The van der Waals surface area contributed by atoms with Crippen LogP contribution in [-0.2, 0) is 31.9 Å². The molecule has 3 atom stereocenters. The predicted molar refractivity (Wildman–Crippen MR) is 118 cm³/mol. The molecule has 5 heteroatoms. The Balaban J connectivity index is 0.000000300. The number of carbonyl (C=O) groups is 2. The summed E-state index contributed by atoms with van der Waals surface area (Å²) in [5.41, 5.74) is 2.20. The van der Waals surface area contributed by atoms with E-state index in [-0.39, 0.29) is 17.9 Å². The lowest BCUT2D eigenvalue weighted by Gasteiger charge is -2.18. The Bertz CT molecular complexity index is 675. The van der Waals surface area contributed by atoms with E-state index in [1.54, 1.807) is 6.92 Å². The first kappa shape index (κ1) is 25.4. The fourth-order valence-electron chi connectivity index (χ4n) is 3.08. The number of carbonyl (C=O) groups excluding carboxylic acids is 2. The molecule has 0 spiro atoms. The first-order valence-electron chi connectivity index (χ1n) is 10.2. The third-order valence-corrected chi connectivity index (χ3v) is 4.99. The second kappa shape index (κ2) is 13.5. The Hall–Kier alpha value is -2.66. The number of methoxy groups -OCH3 is 2. The topological polar surface area (TPSA) is 72.8 Å². The van der Waals surface area contributed by atoms with Crippen LogP contribution in [0.4, 0.5) is 0 Å². The van der Waals surface area contributed by atoms with Gasteiger partial charge in [0.25, 0.3) is 0 Å². The van der Waals surface area contributed by atoms with Crippen molar-refractivity contribution >= 4 is 11.9 Å². The van der Waals surface area contributed by atoms with E-state index in [1.807, 2.05) is 74.5 Å². The van der Waals surface area contributed by atoms with Gasteiger partial charge >= 0.3 is 11.9 Å². The summed E-state index contributed by atoms with van der Waals surface area (Å²) in [6.45, 7) is 5.69. The molecule has 2 aromatic rings. The van der Waals surface area contributed by atoms with Crippen LogP contribution in [0.1, 0.15) is 31.9 Å². The molecule has 0 saturated heterocycles. The highest BCUT2D eigenvalue weighted by atomic mass is 16.5. The van der Waals surface area contributed by atoms with E-state index in [9.17, 15) is 14.7 Å². The first-order valence-corrected chi connectivity index (χ1v) is 10.2. The van der Waals surface area contributed by atoms with Crippen molar-refractivity contribution in [2.45, 2.75) is 39.7 Å². The van der Waals surface area contributed by atoms with Crippen LogP contribution < -0.4 is 0 Å². The summed E-state index contributed by atoms with van der Waals surface area (Å²) in [7, 11) is 2.78. The Morgan fingerprint density at radius 3 is 1.43 bits per heavy atom. The Morgan fingerprint density at radius 2 is 1.10 bits per heavy atom. The molecular weight excluding hydrogens is 380 g/mol. The van der Waals surface area contributed by atoms with Gasteiger partial charge in [-0.2, -0.15) is 0 Å². The van der Waals surface area contributed by atoms with E-state index in [0.29, 0.717) is 12.3 Å². The Labute approximate surface area is 180 Å². The van der Waals surface area contributed by atoms with E-state index in [4.69, 9.17) is 4.74 Å². The van der Waals surface area contributed by atoms with Crippen LogP contribution in [0.3, 0.4) is 0 Å². The van der Waals surface area contributed by atoms with Crippen molar-refractivity contribution < 1.29 is 24.2 Å². The molecule has 0 bridgehead atoms. The fourth-order valence-corrected chi connectivity index (χ4v) is 3.08. The maximum atomic E-state index is 11.5. The molecule has 1 N–H and O–H groups in total. The van der Waals surface area contributed by atoms with E-state index in [2.05, 4.69) is 4.74 Å². The number of aliphatic hydroxyl groups excluding tert-OH is 1. The predicted octanol–water partition coefficient (Wildman–Crippen LogP) is 4.07. The van der Waals surface area contributed by atoms with Gasteiger partial charge < -0.3 is 14.6 Å². The van der Waals surface area contributed by atoms with Crippen LogP contribution in [0.5, 0.6) is 0 Å². The highest BCUT2D eigenvalue weighted by molar-refractivity contribution is 5.73. The monoisotopic (exact) mass is 414 g/mol. The molecule has 0 fully saturated rings. The molecular formula is C25H34O5. The zero-order valence-corrected chi connectivity index (χ0v) is 18.6. The van der Waals surface area contributed by atoms with Crippen LogP contribution in [0.15, 0.2) is 60.7 Å². The van der Waals surface area contributed by atoms with Gasteiger partial charge in [0.15, 0.2) is 0 Å². The van der Waals surface area contributed by atoms with Gasteiger partial charge in [-0.15, -0.1) is 0 Å². The fraction of sp³-hybridized carbons (Fsp3) is 0.440. The molecule has 0 aliphatic rings. The average molecular weight is 415 g/mol. The number of esters is 2. The van der Waals surface area contributed by atoms with Crippen molar-refractivity contribution in [1.29, 1.82) is 0 Å². The highest BCUT2D eigenvalue weighted by Gasteiger charge is 2.24. The molecule has 2 aromatic carbocycles. The van der Waals surface area contributed by atoms with Crippen molar-refractivity contribution in [1.82, 2.24) is 0 Å². The molecule has 5 nitrogen and oxygen atoms in total. The minimum Gasteiger partial charge on any atom is -0.469 e. The largest absolute Gasteiger partial charge is 0.469 e. The molecule has 0 radical (unpaired) electrons. The molecule has 0 aliphatic heterocycles. The number of hydrogen-bond acceptors (Lipinski definition) is 5. The second-order valence-electron chi connectivity index (χ2n) is 7.62. The average Bonchev–Trinajstić information content (AvgIpc) is 2.76. The molecule has 0 amide bonds. The lowest BCUT2D eigenvalue weighted by molar-refractivity contribution is -0.149. The summed E-state index contributed by atoms with van der Waals surface area (Å²) in [6.07, 6.45) is 0.564. The van der Waals surface area contributed by atoms with Crippen LogP contribution in [0.25, 0.3) is 0 Å². The number of benzene rings is 2. The molecule has 0 aliphatic carbocycles. The summed E-state index contributed by atoms with van der Waals surface area (Å²) in [4.78, 5) is 22.9. The smallest absolute Gasteiger partial charge is 0.311 e. The van der Waals surface area contributed by atoms with Crippen molar-refractivity contribution in [3.8, 4) is 0 Å². The second-order valence-corrected chi connectivity index (χ2v) is 7.62. The zero-order valence-electron chi connectivity index (χ0n) is 18.6. The summed E-state index contributed by atoms with van der Waals surface area (Å²) >= 11 is 0. The van der Waals surface area contributed by atoms with Gasteiger partial charge in [-0.05, 0) is 36.8 Å². The molecule has 0 unspecified atom stereocenters. The van der Waals surface area contributed by atoms with Crippen molar-refractivity contribution in [3.63, 3.8) is 0 Å². The third-order valence-electron chi connectivity index (χ3n) is 4.99. The normalized spacial score (nSPS) is 13.4. The maximum absolute atomic E-state index is 11.5.